The van der Waals surface area contributed by atoms with Gasteiger partial charge in [0, 0.05) is 16.6 Å². The van der Waals surface area contributed by atoms with Gasteiger partial charge in [0.25, 0.3) is 5.76 Å². The van der Waals surface area contributed by atoms with E-state index in [9.17, 15) is 8.78 Å². The van der Waals surface area contributed by atoms with Gasteiger partial charge in [-0.25, -0.2) is 10.8 Å². The summed E-state index contributed by atoms with van der Waals surface area (Å²) < 4.78 is 24.3. The average molecular weight is 274 g/mol. The Morgan fingerprint density at radius 1 is 1.28 bits per heavy atom. The Labute approximate surface area is 109 Å². The monoisotopic (exact) mass is 274 g/mol. The first kappa shape index (κ1) is 14.7. The third-order valence-corrected chi connectivity index (χ3v) is 2.59. The van der Waals surface area contributed by atoms with Crippen LogP contribution in [-0.2, 0) is 0 Å². The summed E-state index contributed by atoms with van der Waals surface area (Å²) in [5.41, 5.74) is 3.17. The number of thioether (sulfide) groups is 1. The molecule has 0 aromatic heterocycles. The minimum atomic E-state index is -2.41. The Bertz CT molecular complexity index is 393. The number of nitrogens with one attached hydrogen (secondary N) is 2. The van der Waals surface area contributed by atoms with Crippen molar-refractivity contribution in [2.45, 2.75) is 30.5 Å². The number of halogens is 2. The molecule has 0 saturated heterocycles. The number of rotatable bonds is 4. The highest BCUT2D eigenvalue weighted by atomic mass is 32.2. The first-order valence-corrected chi connectivity index (χ1v) is 6.25. The number of nitrogens with two attached hydrogens (primary N) is 1. The Morgan fingerprint density at radius 3 is 2.33 bits per heavy atom. The lowest BCUT2D eigenvalue weighted by atomic mass is 10.3. The zero-order valence-electron chi connectivity index (χ0n) is 10.2. The van der Waals surface area contributed by atoms with Crippen LogP contribution >= 0.6 is 11.8 Å². The Balaban J connectivity index is 2.68. The molecule has 18 heavy (non-hydrogen) atoms. The summed E-state index contributed by atoms with van der Waals surface area (Å²) >= 11 is 0.511. The maximum Gasteiger partial charge on any atom is 0.288 e. The second-order valence-corrected chi connectivity index (χ2v) is 4.81. The number of benzene rings is 1. The molecule has 0 saturated carbocycles. The molecule has 4 N–H and O–H groups in total. The van der Waals surface area contributed by atoms with Gasteiger partial charge in [-0.3, -0.25) is 5.43 Å². The second kappa shape index (κ2) is 7.17. The second-order valence-electron chi connectivity index (χ2n) is 3.74. The zero-order chi connectivity index (χ0) is 13.5. The van der Waals surface area contributed by atoms with Crippen LogP contribution in [0.2, 0.25) is 0 Å². The molecule has 0 unspecified atom stereocenters. The Kier molecular flexibility index (Phi) is 5.87. The molecule has 0 fully saturated rings. The lowest BCUT2D eigenvalue weighted by molar-refractivity contribution is 0.252. The molecule has 0 spiro atoms. The summed E-state index contributed by atoms with van der Waals surface area (Å²) in [7, 11) is 0. The van der Waals surface area contributed by atoms with E-state index in [1.54, 1.807) is 24.3 Å². The van der Waals surface area contributed by atoms with Gasteiger partial charge in [-0.15, -0.1) is 0 Å². The van der Waals surface area contributed by atoms with Crippen molar-refractivity contribution in [2.75, 3.05) is 5.32 Å². The molecule has 0 atom stereocenters. The van der Waals surface area contributed by atoms with Crippen LogP contribution in [0.3, 0.4) is 0 Å². The minimum absolute atomic E-state index is 0.0946. The van der Waals surface area contributed by atoms with Crippen LogP contribution in [0.15, 0.2) is 34.2 Å². The van der Waals surface area contributed by atoms with Gasteiger partial charge in [0.1, 0.15) is 0 Å². The van der Waals surface area contributed by atoms with E-state index < -0.39 is 5.76 Å². The standard InChI is InChI=1S/C11H16F2N4S/c1-7(2)15-11(17-14)16-8-3-5-9(6-4-8)18-10(12)13/h3-7,10H,14H2,1-2H3,(H2,15,16,17). The summed E-state index contributed by atoms with van der Waals surface area (Å²) in [5.74, 6) is 3.34. The van der Waals surface area contributed by atoms with E-state index in [1.165, 1.54) is 0 Å². The predicted octanol–water partition coefficient (Wildman–Crippen LogP) is 2.64. The van der Waals surface area contributed by atoms with Crippen LogP contribution in [0.25, 0.3) is 0 Å². The topological polar surface area (TPSA) is 62.4 Å². The third kappa shape index (κ3) is 5.33. The molecule has 100 valence electrons. The van der Waals surface area contributed by atoms with Crippen LogP contribution in [0.4, 0.5) is 14.5 Å². The Morgan fingerprint density at radius 2 is 1.89 bits per heavy atom. The molecular weight excluding hydrogens is 258 g/mol. The van der Waals surface area contributed by atoms with E-state index in [0.29, 0.717) is 22.6 Å². The molecule has 0 aliphatic rings. The fraction of sp³-hybridized carbons (Fsp3) is 0.364. The van der Waals surface area contributed by atoms with Crippen molar-refractivity contribution in [1.29, 1.82) is 0 Å². The molecule has 0 radical (unpaired) electrons. The molecule has 0 heterocycles. The summed E-state index contributed by atoms with van der Waals surface area (Å²) in [6, 6.07) is 6.71. The van der Waals surface area contributed by atoms with Crippen molar-refractivity contribution in [3.05, 3.63) is 24.3 Å². The van der Waals surface area contributed by atoms with Crippen LogP contribution in [0.1, 0.15) is 13.8 Å². The van der Waals surface area contributed by atoms with Crippen molar-refractivity contribution < 1.29 is 8.78 Å². The quantitative estimate of drug-likeness (QED) is 0.260. The molecule has 4 nitrogen and oxygen atoms in total. The number of hydrogen-bond donors (Lipinski definition) is 3. The number of hydrazine groups is 1. The highest BCUT2D eigenvalue weighted by Crippen LogP contribution is 2.26. The number of aliphatic imine (C=N–C) groups is 1. The highest BCUT2D eigenvalue weighted by Gasteiger charge is 2.05. The number of alkyl halides is 2. The smallest absolute Gasteiger partial charge is 0.288 e. The Hall–Kier alpha value is -1.34. The van der Waals surface area contributed by atoms with Gasteiger partial charge in [0.2, 0.25) is 5.96 Å². The van der Waals surface area contributed by atoms with Crippen molar-refractivity contribution in [3.8, 4) is 0 Å². The molecule has 0 aliphatic carbocycles. The van der Waals surface area contributed by atoms with E-state index >= 15 is 0 Å². The minimum Gasteiger partial charge on any atom is -0.325 e. The highest BCUT2D eigenvalue weighted by molar-refractivity contribution is 7.99. The largest absolute Gasteiger partial charge is 0.325 e. The van der Waals surface area contributed by atoms with E-state index in [-0.39, 0.29) is 6.04 Å². The maximum absolute atomic E-state index is 12.1. The molecule has 0 amide bonds. The number of anilines is 1. The maximum atomic E-state index is 12.1. The van der Waals surface area contributed by atoms with E-state index in [0.717, 1.165) is 5.69 Å². The van der Waals surface area contributed by atoms with Crippen molar-refractivity contribution in [2.24, 2.45) is 10.8 Å². The van der Waals surface area contributed by atoms with Crippen LogP contribution in [0.5, 0.6) is 0 Å². The molecule has 0 aliphatic heterocycles. The lowest BCUT2D eigenvalue weighted by Gasteiger charge is -2.10. The first-order valence-electron chi connectivity index (χ1n) is 5.37. The zero-order valence-corrected chi connectivity index (χ0v) is 11.0. The average Bonchev–Trinajstić information content (AvgIpc) is 2.29. The SMILES string of the molecule is CC(C)N=C(NN)Nc1ccc(SC(F)F)cc1. The number of guanidine groups is 1. The van der Waals surface area contributed by atoms with E-state index in [2.05, 4.69) is 15.7 Å². The summed E-state index contributed by atoms with van der Waals surface area (Å²) in [5, 5.41) is 2.96. The van der Waals surface area contributed by atoms with Gasteiger partial charge >= 0.3 is 0 Å². The summed E-state index contributed by atoms with van der Waals surface area (Å²) in [4.78, 5) is 4.72. The molecular formula is C11H16F2N4S. The molecule has 0 bridgehead atoms. The van der Waals surface area contributed by atoms with Gasteiger partial charge in [-0.1, -0.05) is 11.8 Å². The number of nitrogens with zero attached hydrogens (tertiary/aromatic N) is 1. The van der Waals surface area contributed by atoms with Crippen LogP contribution < -0.4 is 16.6 Å². The molecule has 1 aromatic carbocycles. The van der Waals surface area contributed by atoms with E-state index in [4.69, 9.17) is 5.84 Å². The van der Waals surface area contributed by atoms with Gasteiger partial charge in [0.05, 0.1) is 0 Å². The fourth-order valence-corrected chi connectivity index (χ4v) is 1.72. The van der Waals surface area contributed by atoms with Gasteiger partial charge < -0.3 is 5.32 Å². The summed E-state index contributed by atoms with van der Waals surface area (Å²) in [6.45, 7) is 3.84. The van der Waals surface area contributed by atoms with Gasteiger partial charge in [-0.05, 0) is 38.1 Å². The van der Waals surface area contributed by atoms with E-state index in [1.807, 2.05) is 13.8 Å². The van der Waals surface area contributed by atoms with Gasteiger partial charge in [0.15, 0.2) is 0 Å². The van der Waals surface area contributed by atoms with Crippen molar-refractivity contribution in [1.82, 2.24) is 5.43 Å². The first-order chi connectivity index (χ1) is 8.51. The summed E-state index contributed by atoms with van der Waals surface area (Å²) in [6.07, 6.45) is 0. The van der Waals surface area contributed by atoms with Crippen molar-refractivity contribution in [3.63, 3.8) is 0 Å². The fourth-order valence-electron chi connectivity index (χ4n) is 1.22. The molecule has 1 aromatic rings. The van der Waals surface area contributed by atoms with Gasteiger partial charge in [-0.2, -0.15) is 8.78 Å². The van der Waals surface area contributed by atoms with Crippen molar-refractivity contribution >= 4 is 23.4 Å². The normalized spacial score (nSPS) is 12.1. The molecule has 1 rings (SSSR count). The lowest BCUT2D eigenvalue weighted by Crippen LogP contribution is -2.36. The van der Waals surface area contributed by atoms with Crippen LogP contribution in [0, 0.1) is 0 Å². The third-order valence-electron chi connectivity index (χ3n) is 1.87. The number of hydrogen-bond acceptors (Lipinski definition) is 3. The molecule has 7 heteroatoms. The van der Waals surface area contributed by atoms with Crippen LogP contribution in [-0.4, -0.2) is 17.8 Å². The predicted molar refractivity (Wildman–Crippen MR) is 71.8 cm³/mol.